The van der Waals surface area contributed by atoms with Crippen molar-refractivity contribution in [2.45, 2.75) is 12.8 Å². The van der Waals surface area contributed by atoms with Gasteiger partial charge in [-0.05, 0) is 31.2 Å². The van der Waals surface area contributed by atoms with E-state index in [2.05, 4.69) is 4.98 Å². The van der Waals surface area contributed by atoms with Gasteiger partial charge >= 0.3 is 5.97 Å². The number of hydrogen-bond acceptors (Lipinski definition) is 7. The molecule has 2 aromatic rings. The maximum Gasteiger partial charge on any atom is 0.344 e. The highest BCUT2D eigenvalue weighted by atomic mass is 32.1. The highest BCUT2D eigenvalue weighted by Gasteiger charge is 2.24. The van der Waals surface area contributed by atoms with E-state index in [1.807, 2.05) is 6.07 Å². The van der Waals surface area contributed by atoms with Gasteiger partial charge in [-0.15, -0.1) is 11.3 Å². The largest absolute Gasteiger partial charge is 0.482 e. The molecule has 1 aromatic carbocycles. The molecular weight excluding hydrogens is 335 g/mol. The molecule has 1 aromatic heterocycles. The first-order valence-electron chi connectivity index (χ1n) is 6.88. The number of hydrogen-bond donors (Lipinski definition) is 0. The van der Waals surface area contributed by atoms with Crippen molar-refractivity contribution < 1.29 is 23.5 Å². The minimum Gasteiger partial charge on any atom is -0.482 e. The molecule has 0 unspecified atom stereocenters. The van der Waals surface area contributed by atoms with E-state index in [4.69, 9.17) is 14.7 Å². The molecule has 1 atom stereocenters. The van der Waals surface area contributed by atoms with E-state index < -0.39 is 36.7 Å². The van der Waals surface area contributed by atoms with E-state index in [9.17, 15) is 14.0 Å². The van der Waals surface area contributed by atoms with Crippen LogP contribution in [0.2, 0.25) is 0 Å². The van der Waals surface area contributed by atoms with Crippen LogP contribution in [-0.2, 0) is 14.3 Å². The number of benzene rings is 1. The van der Waals surface area contributed by atoms with E-state index in [0.717, 1.165) is 0 Å². The van der Waals surface area contributed by atoms with Crippen molar-refractivity contribution >= 4 is 23.1 Å². The van der Waals surface area contributed by atoms with Crippen LogP contribution in [0, 0.1) is 24.1 Å². The first-order chi connectivity index (χ1) is 11.5. The first-order valence-corrected chi connectivity index (χ1v) is 7.76. The van der Waals surface area contributed by atoms with Gasteiger partial charge in [0.2, 0.25) is 0 Å². The molecule has 6 nitrogen and oxygen atoms in total. The number of ketones is 1. The number of carbonyl (C=O) groups excluding carboxylic acids is 2. The van der Waals surface area contributed by atoms with Crippen molar-refractivity contribution in [3.8, 4) is 11.8 Å². The third kappa shape index (κ3) is 4.86. The normalized spacial score (nSPS) is 11.4. The maximum absolute atomic E-state index is 12.7. The zero-order valence-electron chi connectivity index (χ0n) is 12.7. The van der Waals surface area contributed by atoms with Crippen molar-refractivity contribution in [2.75, 3.05) is 13.2 Å². The summed E-state index contributed by atoms with van der Waals surface area (Å²) in [7, 11) is 0. The number of Topliss-reactive ketones (excluding diaryl/α,β-unsaturated/α-hetero) is 1. The van der Waals surface area contributed by atoms with Crippen molar-refractivity contribution in [3.63, 3.8) is 0 Å². The number of nitriles is 1. The van der Waals surface area contributed by atoms with Crippen LogP contribution >= 0.6 is 11.3 Å². The summed E-state index contributed by atoms with van der Waals surface area (Å²) < 4.78 is 22.6. The van der Waals surface area contributed by atoms with E-state index in [1.54, 1.807) is 12.3 Å². The number of rotatable bonds is 7. The Morgan fingerprint density at radius 1 is 1.33 bits per heavy atom. The van der Waals surface area contributed by atoms with Crippen molar-refractivity contribution in [3.05, 3.63) is 46.2 Å². The average molecular weight is 348 g/mol. The van der Waals surface area contributed by atoms with Gasteiger partial charge in [0.25, 0.3) is 0 Å². The molecule has 0 bridgehead atoms. The Morgan fingerprint density at radius 3 is 2.62 bits per heavy atom. The molecule has 0 saturated heterocycles. The van der Waals surface area contributed by atoms with E-state index in [1.165, 1.54) is 35.6 Å². The van der Waals surface area contributed by atoms with Gasteiger partial charge in [-0.25, -0.2) is 14.2 Å². The summed E-state index contributed by atoms with van der Waals surface area (Å²) in [6, 6.07) is 6.97. The van der Waals surface area contributed by atoms with E-state index >= 15 is 0 Å². The molecule has 0 aliphatic heterocycles. The molecular formula is C16H13FN2O4S. The van der Waals surface area contributed by atoms with Gasteiger partial charge in [-0.1, -0.05) is 0 Å². The van der Waals surface area contributed by atoms with Gasteiger partial charge in [0.15, 0.2) is 24.9 Å². The molecule has 8 heteroatoms. The molecule has 0 amide bonds. The lowest BCUT2D eigenvalue weighted by atomic mass is 10.1. The lowest BCUT2D eigenvalue weighted by Crippen LogP contribution is -2.22. The molecule has 0 spiro atoms. The quantitative estimate of drug-likeness (QED) is 0.714. The summed E-state index contributed by atoms with van der Waals surface area (Å²) in [6.07, 6.45) is 0. The second-order valence-corrected chi connectivity index (χ2v) is 5.65. The Bertz CT molecular complexity index is 767. The smallest absolute Gasteiger partial charge is 0.344 e. The highest BCUT2D eigenvalue weighted by molar-refractivity contribution is 7.09. The molecule has 0 N–H and O–H groups in total. The summed E-state index contributed by atoms with van der Waals surface area (Å²) in [5, 5.41) is 11.2. The third-order valence-electron chi connectivity index (χ3n) is 2.88. The Kier molecular flexibility index (Phi) is 5.98. The van der Waals surface area contributed by atoms with Crippen molar-refractivity contribution in [1.29, 1.82) is 5.26 Å². The number of aromatic nitrogens is 1. The molecule has 124 valence electrons. The average Bonchev–Trinajstić information content (AvgIpc) is 2.99. The maximum atomic E-state index is 12.7. The van der Waals surface area contributed by atoms with Gasteiger partial charge in [-0.2, -0.15) is 5.26 Å². The molecule has 0 aliphatic rings. The number of aryl methyl sites for hydroxylation is 1. The molecule has 0 fully saturated rings. The summed E-state index contributed by atoms with van der Waals surface area (Å²) >= 11 is 1.20. The zero-order chi connectivity index (χ0) is 17.5. The van der Waals surface area contributed by atoms with Gasteiger partial charge < -0.3 is 9.47 Å². The number of ether oxygens (including phenoxy) is 2. The first kappa shape index (κ1) is 17.6. The minimum atomic E-state index is -1.06. The minimum absolute atomic E-state index is 0.299. The van der Waals surface area contributed by atoms with Crippen LogP contribution in [0.15, 0.2) is 29.6 Å². The zero-order valence-corrected chi connectivity index (χ0v) is 13.5. The fourth-order valence-corrected chi connectivity index (χ4v) is 2.58. The van der Waals surface area contributed by atoms with Gasteiger partial charge in [-0.3, -0.25) is 4.79 Å². The van der Waals surface area contributed by atoms with Crippen LogP contribution in [0.4, 0.5) is 4.39 Å². The SMILES string of the molecule is Cc1csc([C@@H](C#N)C(=O)COC(=O)COc2ccc(F)cc2)n1. The molecule has 2 rings (SSSR count). The fraction of sp³-hybridized carbons (Fsp3) is 0.250. The Labute approximate surface area is 141 Å². The predicted octanol–water partition coefficient (Wildman–Crippen LogP) is 2.39. The van der Waals surface area contributed by atoms with Crippen LogP contribution in [0.5, 0.6) is 5.75 Å². The molecule has 0 radical (unpaired) electrons. The second kappa shape index (κ2) is 8.17. The van der Waals surface area contributed by atoms with Crippen LogP contribution in [-0.4, -0.2) is 30.0 Å². The number of thiazole rings is 1. The van der Waals surface area contributed by atoms with E-state index in [-0.39, 0.29) is 0 Å². The fourth-order valence-electron chi connectivity index (χ4n) is 1.72. The van der Waals surface area contributed by atoms with Crippen LogP contribution in [0.25, 0.3) is 0 Å². The van der Waals surface area contributed by atoms with Crippen molar-refractivity contribution in [2.24, 2.45) is 0 Å². The standard InChI is InChI=1S/C16H13FN2O4S/c1-10-9-24-16(19-10)13(6-18)14(20)7-23-15(21)8-22-12-4-2-11(17)3-5-12/h2-5,9,13H,7-8H2,1H3/t13-/m0/s1. The van der Waals surface area contributed by atoms with Crippen molar-refractivity contribution in [1.82, 2.24) is 4.98 Å². The van der Waals surface area contributed by atoms with Crippen LogP contribution < -0.4 is 4.74 Å². The lowest BCUT2D eigenvalue weighted by Gasteiger charge is -2.08. The third-order valence-corrected chi connectivity index (χ3v) is 3.91. The van der Waals surface area contributed by atoms with Crippen LogP contribution in [0.3, 0.4) is 0 Å². The predicted molar refractivity (Wildman–Crippen MR) is 83.1 cm³/mol. The second-order valence-electron chi connectivity index (χ2n) is 4.76. The van der Waals surface area contributed by atoms with Gasteiger partial charge in [0.1, 0.15) is 16.6 Å². The van der Waals surface area contributed by atoms with Gasteiger partial charge in [0.05, 0.1) is 6.07 Å². The Balaban J connectivity index is 1.81. The summed E-state index contributed by atoms with van der Waals surface area (Å²) in [5.74, 6) is -2.50. The Hall–Kier alpha value is -2.79. The number of carbonyl (C=O) groups is 2. The topological polar surface area (TPSA) is 89.3 Å². The summed E-state index contributed by atoms with van der Waals surface area (Å²) in [5.41, 5.74) is 0.716. The number of nitrogens with zero attached hydrogens (tertiary/aromatic N) is 2. The molecule has 1 heterocycles. The highest BCUT2D eigenvalue weighted by Crippen LogP contribution is 2.20. The summed E-state index contributed by atoms with van der Waals surface area (Å²) in [4.78, 5) is 27.6. The number of halogens is 1. The number of esters is 1. The van der Waals surface area contributed by atoms with Crippen LogP contribution in [0.1, 0.15) is 16.6 Å². The summed E-state index contributed by atoms with van der Waals surface area (Å²) in [6.45, 7) is 0.792. The molecule has 0 aliphatic carbocycles. The molecule has 0 saturated carbocycles. The van der Waals surface area contributed by atoms with Gasteiger partial charge in [0, 0.05) is 11.1 Å². The van der Waals surface area contributed by atoms with E-state index in [0.29, 0.717) is 16.5 Å². The monoisotopic (exact) mass is 348 g/mol. The lowest BCUT2D eigenvalue weighted by molar-refractivity contribution is -0.150. The Morgan fingerprint density at radius 2 is 2.04 bits per heavy atom. The molecule has 24 heavy (non-hydrogen) atoms.